The monoisotopic (exact) mass is 443 g/mol. The molecule has 9 heteroatoms. The highest BCUT2D eigenvalue weighted by Gasteiger charge is 2.22. The molecule has 166 valence electrons. The number of benzene rings is 2. The molecule has 3 rings (SSSR count). The first-order valence-electron chi connectivity index (χ1n) is 10.5. The predicted molar refractivity (Wildman–Crippen MR) is 121 cm³/mol. The molecule has 0 atom stereocenters. The summed E-state index contributed by atoms with van der Waals surface area (Å²) in [5.74, 6) is 0.314. The minimum absolute atomic E-state index is 0.123. The molecule has 0 saturated heterocycles. The van der Waals surface area contributed by atoms with E-state index in [0.717, 1.165) is 5.69 Å². The third-order valence-corrected chi connectivity index (χ3v) is 7.29. The molecular formula is C22H29N5O3S. The Balaban J connectivity index is 1.68. The minimum Gasteiger partial charge on any atom is -0.326 e. The molecule has 0 aliphatic carbocycles. The first-order valence-corrected chi connectivity index (χ1v) is 11.9. The lowest BCUT2D eigenvalue weighted by molar-refractivity contribution is -0.116. The van der Waals surface area contributed by atoms with Crippen LogP contribution in [0.3, 0.4) is 0 Å². The van der Waals surface area contributed by atoms with Crippen LogP contribution in [0.15, 0.2) is 47.4 Å². The van der Waals surface area contributed by atoms with E-state index in [1.54, 1.807) is 30.7 Å². The van der Waals surface area contributed by atoms with Gasteiger partial charge in [0.05, 0.1) is 17.0 Å². The van der Waals surface area contributed by atoms with Crippen LogP contribution in [0.25, 0.3) is 11.0 Å². The Kier molecular flexibility index (Phi) is 7.07. The van der Waals surface area contributed by atoms with Gasteiger partial charge in [-0.15, -0.1) is 5.10 Å². The van der Waals surface area contributed by atoms with Crippen molar-refractivity contribution in [3.8, 4) is 0 Å². The van der Waals surface area contributed by atoms with Crippen LogP contribution >= 0.6 is 0 Å². The van der Waals surface area contributed by atoms with E-state index in [4.69, 9.17) is 0 Å². The van der Waals surface area contributed by atoms with E-state index in [-0.39, 0.29) is 17.2 Å². The molecule has 1 aromatic heterocycles. The van der Waals surface area contributed by atoms with Gasteiger partial charge in [-0.1, -0.05) is 45.0 Å². The van der Waals surface area contributed by atoms with Crippen molar-refractivity contribution in [2.75, 3.05) is 18.4 Å². The second-order valence-electron chi connectivity index (χ2n) is 7.63. The molecule has 0 aliphatic rings. The maximum Gasteiger partial charge on any atom is 0.243 e. The van der Waals surface area contributed by atoms with Gasteiger partial charge in [-0.25, -0.2) is 13.1 Å². The molecular weight excluding hydrogens is 414 g/mol. The number of amides is 1. The number of hydrogen-bond donors (Lipinski definition) is 1. The molecule has 3 aromatic rings. The Morgan fingerprint density at radius 3 is 2.39 bits per heavy atom. The number of carbonyl (C=O) groups is 1. The average molecular weight is 444 g/mol. The van der Waals surface area contributed by atoms with E-state index in [0.29, 0.717) is 36.6 Å². The summed E-state index contributed by atoms with van der Waals surface area (Å²) < 4.78 is 28.4. The van der Waals surface area contributed by atoms with E-state index in [1.807, 2.05) is 24.3 Å². The number of aromatic nitrogens is 3. The van der Waals surface area contributed by atoms with Crippen LogP contribution in [0.1, 0.15) is 45.6 Å². The molecule has 1 heterocycles. The van der Waals surface area contributed by atoms with E-state index in [9.17, 15) is 13.2 Å². The summed E-state index contributed by atoms with van der Waals surface area (Å²) in [6.45, 7) is 9.00. The van der Waals surface area contributed by atoms with Crippen LogP contribution in [0, 0.1) is 0 Å². The number of sulfonamides is 1. The van der Waals surface area contributed by atoms with Crippen molar-refractivity contribution in [3.05, 3.63) is 48.0 Å². The molecule has 2 aromatic carbocycles. The highest BCUT2D eigenvalue weighted by Crippen LogP contribution is 2.21. The van der Waals surface area contributed by atoms with Crippen molar-refractivity contribution in [1.82, 2.24) is 19.3 Å². The summed E-state index contributed by atoms with van der Waals surface area (Å²) >= 11 is 0. The van der Waals surface area contributed by atoms with Gasteiger partial charge in [-0.3, -0.25) is 4.79 Å². The number of nitrogens with zero attached hydrogens (tertiary/aromatic N) is 4. The largest absolute Gasteiger partial charge is 0.326 e. The van der Waals surface area contributed by atoms with Crippen LogP contribution in [0.4, 0.5) is 5.69 Å². The van der Waals surface area contributed by atoms with Crippen LogP contribution in [0.5, 0.6) is 0 Å². The maximum atomic E-state index is 12.7. The van der Waals surface area contributed by atoms with Gasteiger partial charge in [-0.05, 0) is 41.8 Å². The van der Waals surface area contributed by atoms with Gasteiger partial charge in [0.25, 0.3) is 0 Å². The highest BCUT2D eigenvalue weighted by molar-refractivity contribution is 7.89. The fourth-order valence-corrected chi connectivity index (χ4v) is 4.85. The van der Waals surface area contributed by atoms with E-state index < -0.39 is 10.0 Å². The number of carbonyl (C=O) groups excluding carboxylic acids is 1. The molecule has 8 nitrogen and oxygen atoms in total. The van der Waals surface area contributed by atoms with Crippen molar-refractivity contribution in [2.24, 2.45) is 0 Å². The quantitative estimate of drug-likeness (QED) is 0.545. The van der Waals surface area contributed by atoms with Crippen LogP contribution in [-0.4, -0.2) is 46.7 Å². The van der Waals surface area contributed by atoms with Crippen molar-refractivity contribution in [3.63, 3.8) is 0 Å². The zero-order chi connectivity index (χ0) is 22.6. The number of hydrogen-bond acceptors (Lipinski definition) is 5. The second kappa shape index (κ2) is 9.57. The van der Waals surface area contributed by atoms with Gasteiger partial charge in [0.2, 0.25) is 15.9 Å². The molecule has 0 saturated carbocycles. The van der Waals surface area contributed by atoms with Crippen LogP contribution in [-0.2, 0) is 21.4 Å². The van der Waals surface area contributed by atoms with Gasteiger partial charge in [0, 0.05) is 25.2 Å². The van der Waals surface area contributed by atoms with Crippen molar-refractivity contribution in [2.45, 2.75) is 51.5 Å². The zero-order valence-corrected chi connectivity index (χ0v) is 19.2. The van der Waals surface area contributed by atoms with Crippen molar-refractivity contribution >= 4 is 32.7 Å². The molecule has 1 N–H and O–H groups in total. The Hall–Kier alpha value is -2.78. The third kappa shape index (κ3) is 5.11. The fraction of sp³-hybridized carbons (Fsp3) is 0.409. The summed E-state index contributed by atoms with van der Waals surface area (Å²) in [6, 6.07) is 12.6. The van der Waals surface area contributed by atoms with E-state index >= 15 is 0 Å². The van der Waals surface area contributed by atoms with E-state index in [1.165, 1.54) is 15.9 Å². The van der Waals surface area contributed by atoms with Gasteiger partial charge in [-0.2, -0.15) is 4.31 Å². The summed E-state index contributed by atoms with van der Waals surface area (Å²) in [7, 11) is -3.56. The number of anilines is 1. The molecule has 0 unspecified atom stereocenters. The smallest absolute Gasteiger partial charge is 0.243 e. The van der Waals surface area contributed by atoms with E-state index in [2.05, 4.69) is 29.5 Å². The number of fused-ring (bicyclic) bond motifs is 1. The van der Waals surface area contributed by atoms with Gasteiger partial charge in [0.1, 0.15) is 5.52 Å². The first-order chi connectivity index (χ1) is 14.8. The molecule has 0 radical (unpaired) electrons. The lowest BCUT2D eigenvalue weighted by Crippen LogP contribution is -2.30. The molecule has 0 bridgehead atoms. The van der Waals surface area contributed by atoms with Crippen molar-refractivity contribution in [1.29, 1.82) is 0 Å². The molecule has 31 heavy (non-hydrogen) atoms. The minimum atomic E-state index is -3.56. The van der Waals surface area contributed by atoms with Gasteiger partial charge >= 0.3 is 0 Å². The normalized spacial score (nSPS) is 12.1. The average Bonchev–Trinajstić information content (AvgIpc) is 3.15. The molecule has 0 spiro atoms. The molecule has 0 fully saturated rings. The Labute approximate surface area is 183 Å². The maximum absolute atomic E-state index is 12.7. The van der Waals surface area contributed by atoms with Gasteiger partial charge in [0.15, 0.2) is 0 Å². The molecule has 1 amide bonds. The standard InChI is InChI=1S/C22H29N5O3S/c1-5-26(6-2)31(29,30)19-11-12-21-20(15-19)24-25-27(21)14-13-22(28)23-18-9-7-17(8-10-18)16(3)4/h7-12,15-16H,5-6,13-14H2,1-4H3,(H,23,28). The summed E-state index contributed by atoms with van der Waals surface area (Å²) in [5, 5.41) is 11.1. The number of aryl methyl sites for hydroxylation is 1. The SMILES string of the molecule is CCN(CC)S(=O)(=O)c1ccc2c(c1)nnn2CCC(=O)Nc1ccc(C(C)C)cc1. The van der Waals surface area contributed by atoms with Crippen LogP contribution < -0.4 is 5.32 Å². The predicted octanol–water partition coefficient (Wildman–Crippen LogP) is 3.61. The number of nitrogens with one attached hydrogen (secondary N) is 1. The fourth-order valence-electron chi connectivity index (χ4n) is 3.37. The lowest BCUT2D eigenvalue weighted by atomic mass is 10.0. The first kappa shape index (κ1) is 22.9. The summed E-state index contributed by atoms with van der Waals surface area (Å²) in [6.07, 6.45) is 0.226. The Morgan fingerprint density at radius 2 is 1.77 bits per heavy atom. The highest BCUT2D eigenvalue weighted by atomic mass is 32.2. The van der Waals surface area contributed by atoms with Crippen LogP contribution in [0.2, 0.25) is 0 Å². The zero-order valence-electron chi connectivity index (χ0n) is 18.4. The second-order valence-corrected chi connectivity index (χ2v) is 9.57. The third-order valence-electron chi connectivity index (χ3n) is 5.24. The Morgan fingerprint density at radius 1 is 1.10 bits per heavy atom. The lowest BCUT2D eigenvalue weighted by Gasteiger charge is -2.18. The Bertz CT molecular complexity index is 1150. The summed E-state index contributed by atoms with van der Waals surface area (Å²) in [4.78, 5) is 12.5. The molecule has 0 aliphatic heterocycles. The topological polar surface area (TPSA) is 97.2 Å². The number of rotatable bonds is 9. The van der Waals surface area contributed by atoms with Crippen molar-refractivity contribution < 1.29 is 13.2 Å². The van der Waals surface area contributed by atoms with Gasteiger partial charge < -0.3 is 5.32 Å². The summed E-state index contributed by atoms with van der Waals surface area (Å²) in [5.41, 5.74) is 3.14.